The van der Waals surface area contributed by atoms with Crippen molar-refractivity contribution < 1.29 is 29.0 Å². The Morgan fingerprint density at radius 3 is 1.74 bits per heavy atom. The molecule has 0 radical (unpaired) electrons. The van der Waals surface area contributed by atoms with Crippen LogP contribution in [-0.4, -0.2) is 36.2 Å². The molecule has 1 atom stereocenters. The second-order valence-electron chi connectivity index (χ2n) is 12.5. The fraction of sp³-hybridized carbons (Fsp3) is 0.553. The second kappa shape index (κ2) is 24.7. The maximum absolute atomic E-state index is 11.8. The predicted molar refractivity (Wildman–Crippen MR) is 199 cm³/mol. The summed E-state index contributed by atoms with van der Waals surface area (Å²) < 4.78 is 10.2. The van der Waals surface area contributed by atoms with Gasteiger partial charge in [0.05, 0.1) is 24.0 Å². The van der Waals surface area contributed by atoms with Gasteiger partial charge in [-0.15, -0.1) is 0 Å². The van der Waals surface area contributed by atoms with Gasteiger partial charge in [0.15, 0.2) is 0 Å². The Bertz CT molecular complexity index is 1220. The number of carboxylic acid groups (broad SMARTS) is 1. The number of benzene rings is 2. The van der Waals surface area contributed by atoms with Gasteiger partial charge < -0.3 is 14.6 Å². The first kappa shape index (κ1) is 44.6. The highest BCUT2D eigenvalue weighted by molar-refractivity contribution is 9.09. The lowest BCUT2D eigenvalue weighted by molar-refractivity contribution is -0.154. The molecule has 0 aliphatic carbocycles. The quantitative estimate of drug-likeness (QED) is 0.0981. The molecule has 9 heteroatoms. The molecule has 0 bridgehead atoms. The Morgan fingerprint density at radius 1 is 0.787 bits per heavy atom. The lowest BCUT2D eigenvalue weighted by Gasteiger charge is -2.22. The van der Waals surface area contributed by atoms with E-state index in [2.05, 4.69) is 34.1 Å². The number of hydrogen-bond donors (Lipinski definition) is 1. The molecule has 0 aliphatic heterocycles. The first-order valence-electron chi connectivity index (χ1n) is 16.4. The number of rotatable bonds is 17. The third-order valence-electron chi connectivity index (χ3n) is 7.28. The van der Waals surface area contributed by atoms with Gasteiger partial charge >= 0.3 is 11.9 Å². The van der Waals surface area contributed by atoms with Gasteiger partial charge in [-0.05, 0) is 96.9 Å². The minimum Gasteiger partial charge on any atom is -0.481 e. The van der Waals surface area contributed by atoms with E-state index < -0.39 is 5.97 Å². The van der Waals surface area contributed by atoms with Gasteiger partial charge in [0.1, 0.15) is 0 Å². The highest BCUT2D eigenvalue weighted by Gasteiger charge is 2.29. The molecular weight excluding hydrogens is 703 g/mol. The largest absolute Gasteiger partial charge is 0.481 e. The van der Waals surface area contributed by atoms with Crippen LogP contribution in [0.1, 0.15) is 122 Å². The van der Waals surface area contributed by atoms with Crippen LogP contribution in [-0.2, 0) is 23.9 Å². The van der Waals surface area contributed by atoms with Gasteiger partial charge in [-0.25, -0.2) is 0 Å². The van der Waals surface area contributed by atoms with E-state index in [9.17, 15) is 9.59 Å². The van der Waals surface area contributed by atoms with Crippen molar-refractivity contribution in [1.82, 2.24) is 0 Å². The summed E-state index contributed by atoms with van der Waals surface area (Å²) in [5.41, 5.74) is 1.43. The normalized spacial score (nSPS) is 11.9. The topological polar surface area (TPSA) is 89.9 Å². The van der Waals surface area contributed by atoms with E-state index in [1.54, 1.807) is 0 Å². The van der Waals surface area contributed by atoms with E-state index in [0.29, 0.717) is 18.0 Å². The van der Waals surface area contributed by atoms with Gasteiger partial charge in [0.25, 0.3) is 5.97 Å². The first-order valence-corrected chi connectivity index (χ1v) is 18.1. The molecule has 6 nitrogen and oxygen atoms in total. The van der Waals surface area contributed by atoms with Crippen LogP contribution in [0.25, 0.3) is 6.08 Å². The van der Waals surface area contributed by atoms with Crippen LogP contribution >= 0.6 is 39.1 Å². The molecule has 0 aliphatic rings. The summed E-state index contributed by atoms with van der Waals surface area (Å²) in [6, 6.07) is 15.7. The summed E-state index contributed by atoms with van der Waals surface area (Å²) in [6.45, 7) is 13.5. The van der Waals surface area contributed by atoms with Crippen molar-refractivity contribution in [1.29, 1.82) is 0 Å². The molecule has 0 saturated carbocycles. The second-order valence-corrected chi connectivity index (χ2v) is 14.4. The number of aliphatic carboxylic acids is 1. The number of carboxylic acids is 1. The van der Waals surface area contributed by atoms with E-state index >= 15 is 0 Å². The van der Waals surface area contributed by atoms with E-state index in [1.165, 1.54) is 0 Å². The average molecular weight is 759 g/mol. The Morgan fingerprint density at radius 2 is 1.26 bits per heavy atom. The van der Waals surface area contributed by atoms with Gasteiger partial charge in [0.2, 0.25) is 0 Å². The third kappa shape index (κ3) is 20.6. The highest BCUT2D eigenvalue weighted by Crippen LogP contribution is 2.34. The summed E-state index contributed by atoms with van der Waals surface area (Å²) in [7, 11) is 0. The van der Waals surface area contributed by atoms with Crippen LogP contribution in [0.15, 0.2) is 54.6 Å². The minimum atomic E-state index is -0.833. The molecule has 0 heterocycles. The number of unbranched alkanes of at least 4 members (excludes halogenated alkanes) is 4. The third-order valence-corrected chi connectivity index (χ3v) is 8.92. The SMILES string of the molecule is CC(=O)O.CCOC(=O)C(C)(C)CCCC/C=C/c1ccccc1Cl.CCOC(=O)C(C)(C)CCCCCC(Br)c1ccccc1Cl. The van der Waals surface area contributed by atoms with Gasteiger partial charge in [-0.3, -0.25) is 14.4 Å². The summed E-state index contributed by atoms with van der Waals surface area (Å²) in [6.07, 6.45) is 13.3. The number of allylic oxidation sites excluding steroid dienone is 1. The summed E-state index contributed by atoms with van der Waals surface area (Å²) in [5.74, 6) is -1.03. The van der Waals surface area contributed by atoms with Crippen molar-refractivity contribution in [3.63, 3.8) is 0 Å². The molecular formula is C38H55BrCl2O6. The van der Waals surface area contributed by atoms with Gasteiger partial charge in [-0.1, -0.05) is 113 Å². The number of esters is 2. The molecule has 1 N–H and O–H groups in total. The highest BCUT2D eigenvalue weighted by atomic mass is 79.9. The van der Waals surface area contributed by atoms with Crippen LogP contribution in [0, 0.1) is 10.8 Å². The average Bonchev–Trinajstić information content (AvgIpc) is 3.00. The number of halogens is 3. The van der Waals surface area contributed by atoms with Crippen LogP contribution in [0.2, 0.25) is 10.0 Å². The summed E-state index contributed by atoms with van der Waals surface area (Å²) in [4.78, 5) is 32.9. The fourth-order valence-electron chi connectivity index (χ4n) is 4.46. The molecule has 264 valence electrons. The molecule has 0 spiro atoms. The van der Waals surface area contributed by atoms with Crippen LogP contribution in [0.4, 0.5) is 0 Å². The van der Waals surface area contributed by atoms with Crippen LogP contribution in [0.3, 0.4) is 0 Å². The maximum atomic E-state index is 11.8. The van der Waals surface area contributed by atoms with Crippen molar-refractivity contribution in [2.45, 2.75) is 111 Å². The van der Waals surface area contributed by atoms with Crippen molar-refractivity contribution in [3.8, 4) is 0 Å². The molecule has 0 amide bonds. The number of ether oxygens (including phenoxy) is 2. The zero-order chi connectivity index (χ0) is 35.9. The van der Waals surface area contributed by atoms with Crippen molar-refractivity contribution in [3.05, 3.63) is 75.8 Å². The molecule has 47 heavy (non-hydrogen) atoms. The van der Waals surface area contributed by atoms with E-state index in [-0.39, 0.29) is 22.8 Å². The van der Waals surface area contributed by atoms with E-state index in [4.69, 9.17) is 42.6 Å². The summed E-state index contributed by atoms with van der Waals surface area (Å²) >= 11 is 16.0. The van der Waals surface area contributed by atoms with Crippen molar-refractivity contribution in [2.24, 2.45) is 10.8 Å². The first-order chi connectivity index (χ1) is 22.1. The molecule has 0 aromatic heterocycles. The standard InChI is InChI=1S/C18H26BrClO2.C18H25ClO2.C2H4O2/c1-4-22-17(21)18(2,3)13-9-5-6-11-15(19)14-10-7-8-12-16(14)20;1-4-21-17(20)18(2,3)14-10-6-5-7-11-15-12-8-9-13-16(15)19;1-2(3)4/h7-8,10,12,15H,4-6,9,11,13H2,1-3H3;7-9,11-13H,4-6,10,14H2,1-3H3;1H3,(H,3,4)/b;11-7+;. The fourth-order valence-corrected chi connectivity index (χ4v) is 5.78. The van der Waals surface area contributed by atoms with Gasteiger partial charge in [-0.2, -0.15) is 0 Å². The van der Waals surface area contributed by atoms with Crippen LogP contribution < -0.4 is 0 Å². The Balaban J connectivity index is 0.000000808. The van der Waals surface area contributed by atoms with Crippen molar-refractivity contribution in [2.75, 3.05) is 13.2 Å². The number of hydrogen-bond acceptors (Lipinski definition) is 5. The lowest BCUT2D eigenvalue weighted by atomic mass is 9.87. The lowest BCUT2D eigenvalue weighted by Crippen LogP contribution is -2.26. The number of carbonyl (C=O) groups is 3. The zero-order valence-corrected chi connectivity index (χ0v) is 32.3. The van der Waals surface area contributed by atoms with Crippen LogP contribution in [0.5, 0.6) is 0 Å². The maximum Gasteiger partial charge on any atom is 0.311 e. The summed E-state index contributed by atoms with van der Waals surface area (Å²) in [5, 5.41) is 9.00. The monoisotopic (exact) mass is 756 g/mol. The number of carbonyl (C=O) groups excluding carboxylic acids is 2. The number of alkyl halides is 1. The Kier molecular flexibility index (Phi) is 23.5. The minimum absolute atomic E-state index is 0.0931. The predicted octanol–water partition coefficient (Wildman–Crippen LogP) is 11.9. The Hall–Kier alpha value is -2.35. The van der Waals surface area contributed by atoms with E-state index in [0.717, 1.165) is 85.9 Å². The van der Waals surface area contributed by atoms with E-state index in [1.807, 2.05) is 84.0 Å². The van der Waals surface area contributed by atoms with Gasteiger partial charge in [0, 0.05) is 21.8 Å². The smallest absolute Gasteiger partial charge is 0.311 e. The molecule has 2 aromatic rings. The zero-order valence-electron chi connectivity index (χ0n) is 29.3. The Labute approximate surface area is 301 Å². The molecule has 0 fully saturated rings. The molecule has 0 saturated heterocycles. The molecule has 1 unspecified atom stereocenters. The van der Waals surface area contributed by atoms with Crippen molar-refractivity contribution >= 4 is 63.1 Å². The molecule has 2 aromatic carbocycles. The molecule has 2 rings (SSSR count).